The Morgan fingerprint density at radius 1 is 0.427 bits per heavy atom. The van der Waals surface area contributed by atoms with Crippen molar-refractivity contribution in [3.63, 3.8) is 0 Å². The molecule has 0 aliphatic carbocycles. The van der Waals surface area contributed by atoms with Gasteiger partial charge in [-0.1, -0.05) is 121 Å². The van der Waals surface area contributed by atoms with Crippen LogP contribution in [0.4, 0.5) is 0 Å². The fourth-order valence-electron chi connectivity index (χ4n) is 15.0. The van der Waals surface area contributed by atoms with E-state index in [-0.39, 0.29) is 12.0 Å². The van der Waals surface area contributed by atoms with Crippen LogP contribution >= 0.6 is 77.2 Å². The normalized spacial score (nSPS) is 14.7. The predicted octanol–water partition coefficient (Wildman–Crippen LogP) is 25.3. The highest BCUT2D eigenvalue weighted by Crippen LogP contribution is 2.47. The molecule has 7 aromatic heterocycles. The van der Waals surface area contributed by atoms with Crippen LogP contribution in [0.5, 0.6) is 34.5 Å². The molecule has 12 nitrogen and oxygen atoms in total. The van der Waals surface area contributed by atoms with Crippen LogP contribution in [-0.2, 0) is 14.0 Å². The number of phenolic OH excluding ortho intramolecular Hbond substituents is 1. The average Bonchev–Trinajstić information content (AvgIpc) is 1.59. The largest absolute Gasteiger partial charge is 0.505 e. The first-order valence-corrected chi connectivity index (χ1v) is 42.6. The van der Waals surface area contributed by atoms with Crippen molar-refractivity contribution in [2.24, 2.45) is 0 Å². The highest BCUT2D eigenvalue weighted by molar-refractivity contribution is 9.11. The summed E-state index contributed by atoms with van der Waals surface area (Å²) >= 11 is 13.3. The van der Waals surface area contributed by atoms with Crippen molar-refractivity contribution < 1.29 is 42.8 Å². The zero-order valence-corrected chi connectivity index (χ0v) is 69.0. The molecule has 0 spiro atoms. The van der Waals surface area contributed by atoms with E-state index < -0.39 is 18.3 Å². The number of benzene rings is 9. The van der Waals surface area contributed by atoms with Crippen LogP contribution in [0.1, 0.15) is 82.1 Å². The van der Waals surface area contributed by atoms with E-state index in [0.29, 0.717) is 39.5 Å². The van der Waals surface area contributed by atoms with Crippen LogP contribution in [-0.4, -0.2) is 76.5 Å². The number of nitrogens with zero attached hydrogens (tertiary/aromatic N) is 3. The summed E-state index contributed by atoms with van der Waals surface area (Å²) in [5.74, 6) is 4.46. The van der Waals surface area contributed by atoms with Gasteiger partial charge in [0, 0.05) is 122 Å². The lowest BCUT2D eigenvalue weighted by Gasteiger charge is -2.32. The molecule has 1 atom stereocenters. The molecule has 1 N–H and O–H groups in total. The lowest BCUT2D eigenvalue weighted by molar-refractivity contribution is -0.105. The Bertz CT molecular complexity index is 5590. The van der Waals surface area contributed by atoms with E-state index in [4.69, 9.17) is 37.7 Å². The van der Waals surface area contributed by atoms with Gasteiger partial charge < -0.3 is 56.5 Å². The number of para-hydroxylation sites is 6. The summed E-state index contributed by atoms with van der Waals surface area (Å²) in [4.78, 5) is 0. The summed E-state index contributed by atoms with van der Waals surface area (Å²) in [5, 5.41) is 35.6. The van der Waals surface area contributed by atoms with Gasteiger partial charge in [-0.2, -0.15) is 0 Å². The molecule has 9 heterocycles. The van der Waals surface area contributed by atoms with Crippen molar-refractivity contribution in [3.05, 3.63) is 256 Å². The maximum absolute atomic E-state index is 11.9. The second kappa shape index (κ2) is 32.3. The number of phenols is 1. The van der Waals surface area contributed by atoms with Gasteiger partial charge in [-0.05, 0) is 189 Å². The molecule has 0 saturated carbocycles. The zero-order chi connectivity index (χ0) is 75.8. The maximum atomic E-state index is 11.9. The molecular weight excluding hydrogens is 1580 g/mol. The van der Waals surface area contributed by atoms with Crippen LogP contribution in [0, 0.1) is 27.7 Å². The molecule has 0 radical (unpaired) electrons. The predicted molar refractivity (Wildman–Crippen MR) is 465 cm³/mol. The number of aromatic nitrogens is 3. The topological polar surface area (TPSA) is 109 Å². The van der Waals surface area contributed by atoms with Crippen LogP contribution in [0.15, 0.2) is 234 Å². The first kappa shape index (κ1) is 75.0. The van der Waals surface area contributed by atoms with Crippen LogP contribution in [0.25, 0.3) is 105 Å². The van der Waals surface area contributed by atoms with Gasteiger partial charge in [-0.3, -0.25) is 0 Å². The summed E-state index contributed by atoms with van der Waals surface area (Å²) in [5.41, 5.74) is 18.2. The van der Waals surface area contributed by atoms with Gasteiger partial charge in [-0.25, -0.2) is 0 Å². The van der Waals surface area contributed by atoms with E-state index in [2.05, 4.69) is 281 Å². The van der Waals surface area contributed by atoms with Crippen molar-refractivity contribution in [2.75, 3.05) is 33.0 Å². The zero-order valence-electron chi connectivity index (χ0n) is 62.6. The maximum Gasteiger partial charge on any atom is 0.498 e. The number of halogens is 2. The molecule has 558 valence electrons. The Morgan fingerprint density at radius 3 is 1.22 bits per heavy atom. The summed E-state index contributed by atoms with van der Waals surface area (Å²) in [7, 11) is -0.541. The third-order valence-electron chi connectivity index (χ3n) is 21.0. The summed E-state index contributed by atoms with van der Waals surface area (Å²) in [6.45, 7) is 20.0. The van der Waals surface area contributed by atoms with Gasteiger partial charge in [0.2, 0.25) is 0 Å². The van der Waals surface area contributed by atoms with E-state index in [9.17, 15) is 5.11 Å². The molecule has 2 aliphatic heterocycles. The molecule has 9 aromatic carbocycles. The lowest BCUT2D eigenvalue weighted by Crippen LogP contribution is -2.41. The van der Waals surface area contributed by atoms with Crippen molar-refractivity contribution >= 4 is 155 Å². The first-order valence-electron chi connectivity index (χ1n) is 37.2. The Morgan fingerprint density at radius 2 is 0.791 bits per heavy atom. The quantitative estimate of drug-likeness (QED) is 0.0589. The number of hydrogen-bond donors (Lipinski definition) is 1. The molecule has 0 amide bonds. The third kappa shape index (κ3) is 14.9. The van der Waals surface area contributed by atoms with Gasteiger partial charge >= 0.3 is 7.12 Å². The van der Waals surface area contributed by atoms with Crippen molar-refractivity contribution in [2.45, 2.75) is 105 Å². The van der Waals surface area contributed by atoms with E-state index in [1.807, 2.05) is 45.1 Å². The molecule has 19 heteroatoms. The lowest BCUT2D eigenvalue weighted by atomic mass is 9.77. The van der Waals surface area contributed by atoms with Gasteiger partial charge in [0.05, 0.1) is 97.7 Å². The van der Waals surface area contributed by atoms with Gasteiger partial charge in [0.15, 0.2) is 6.29 Å². The number of fused-ring (bicyclic) bond motifs is 9. The monoisotopic (exact) mass is 1660 g/mol. The fourth-order valence-corrected chi connectivity index (χ4v) is 19.2. The van der Waals surface area contributed by atoms with E-state index in [0.717, 1.165) is 141 Å². The fraction of sp³-hybridized carbons (Fsp3) is 0.231. The minimum Gasteiger partial charge on any atom is -0.505 e. The van der Waals surface area contributed by atoms with Crippen molar-refractivity contribution in [3.8, 4) is 73.8 Å². The van der Waals surface area contributed by atoms with E-state index >= 15 is 0 Å². The molecule has 16 aromatic rings. The molecule has 0 bridgehead atoms. The molecule has 2 saturated heterocycles. The van der Waals surface area contributed by atoms with Crippen molar-refractivity contribution in [1.29, 1.82) is 0 Å². The highest BCUT2D eigenvalue weighted by atomic mass is 79.9. The van der Waals surface area contributed by atoms with Crippen molar-refractivity contribution in [1.82, 2.24) is 13.7 Å². The van der Waals surface area contributed by atoms with E-state index in [1.54, 1.807) is 45.3 Å². The van der Waals surface area contributed by atoms with Gasteiger partial charge in [-0.15, -0.1) is 45.3 Å². The molecule has 18 rings (SSSR count). The molecule has 2 aliphatic rings. The van der Waals surface area contributed by atoms with Gasteiger partial charge in [0.25, 0.3) is 0 Å². The summed E-state index contributed by atoms with van der Waals surface area (Å²) in [6.07, 6.45) is 4.30. The Kier molecular flexibility index (Phi) is 22.0. The SMILES string of the molecule is Brc1cscc1OCCCOc1cscc1Br.Cc1cc(-c2cscc2OCCCOc2cscc2-c2cc(C)cc(-n3c4ccccc4c4ccccc43)c2O)c(C)c(-n2c3ccccc3c3ccccc32)c1.Cc1cc(B2OC(C)(C)C(C)(C)O2)c(OC2CCCCO2)c(-n2c3ccccc3c3ccccc32)c1. The third-order valence-corrected chi connectivity index (χ3v) is 25.7. The van der Waals surface area contributed by atoms with E-state index in [1.165, 1.54) is 55.0 Å². The number of aryl methyl sites for hydroxylation is 3. The second-order valence-corrected chi connectivity index (χ2v) is 33.7. The van der Waals surface area contributed by atoms with Crippen LogP contribution in [0.2, 0.25) is 0 Å². The first-order chi connectivity index (χ1) is 53.5. The standard InChI is InChI=1S/C50H40N2O3S2.C30H34BNO4.C11H10Br2O2S2/c1-31-23-38(33(3)46(25-31)51-42-17-8-4-13-34(42)35-14-5-9-18-43(35)51)40-27-56-29-48(40)54-21-12-22-55-49-30-57-28-41(49)39-24-32(2)26-47(50(39)53)52-44-19-10-6-15-36(44)37-16-7-11-20-45(37)52;1-20-18-23(31-35-29(2,3)30(4,5)36-31)28(34-27-16-10-11-17-33-27)26(19-20)32-24-14-8-6-12-21(24)22-13-7-9-15-25(22)32;12-8-4-16-6-10(8)14-2-1-3-15-11-7-17-5-9(11)13/h4-11,13-20,23-30,53H,12,21-22H2,1-3H3;6-9,12-15,18-19,27H,10-11,16-17H2,1-5H3;4-7H,1-3H2. The highest BCUT2D eigenvalue weighted by Gasteiger charge is 2.53. The minimum absolute atomic E-state index is 0.233. The minimum atomic E-state index is -0.541. The Hall–Kier alpha value is -9.12. The molecular formula is C91H84BBr2N3O9S4. The summed E-state index contributed by atoms with van der Waals surface area (Å²) in [6, 6.07) is 64.2. The molecule has 1 unspecified atom stereocenters. The number of ether oxygens (including phenoxy) is 6. The molecule has 2 fully saturated rings. The Balaban J connectivity index is 0.000000147. The Labute approximate surface area is 674 Å². The summed E-state index contributed by atoms with van der Waals surface area (Å²) < 4.78 is 58.9. The average molecular weight is 1660 g/mol. The second-order valence-electron chi connectivity index (χ2n) is 29.0. The molecule has 110 heavy (non-hydrogen) atoms. The van der Waals surface area contributed by atoms with Gasteiger partial charge in [0.1, 0.15) is 34.5 Å². The number of aromatic hydroxyl groups is 1. The van der Waals surface area contributed by atoms with Crippen LogP contribution in [0.3, 0.4) is 0 Å². The number of thiophene rings is 4. The van der Waals surface area contributed by atoms with Crippen LogP contribution < -0.4 is 29.1 Å². The number of rotatable bonds is 20. The smallest absolute Gasteiger partial charge is 0.498 e. The number of hydrogen-bond acceptors (Lipinski definition) is 13.